The Morgan fingerprint density at radius 2 is 1.37 bits per heavy atom. The molecule has 2 aromatic carbocycles. The second-order valence-corrected chi connectivity index (χ2v) is 4.89. The molecule has 0 aliphatic rings. The number of rotatable bonds is 2. The molecule has 0 spiro atoms. The Balaban J connectivity index is 2.42. The molecule has 100 valence electrons. The van der Waals surface area contributed by atoms with Gasteiger partial charge < -0.3 is 11.1 Å². The van der Waals surface area contributed by atoms with Gasteiger partial charge in [-0.2, -0.15) is 0 Å². The van der Waals surface area contributed by atoms with Gasteiger partial charge in [-0.25, -0.2) is 17.6 Å². The average Bonchev–Trinajstić information content (AvgIpc) is 2.32. The first-order chi connectivity index (χ1) is 8.88. The van der Waals surface area contributed by atoms with Crippen LogP contribution in [0.4, 0.5) is 34.6 Å². The molecular weight excluding hydrogens is 375 g/mol. The smallest absolute Gasteiger partial charge is 0.161 e. The number of nitrogen functional groups attached to an aromatic ring is 1. The first-order valence-electron chi connectivity index (χ1n) is 5.04. The van der Waals surface area contributed by atoms with Gasteiger partial charge in [0.25, 0.3) is 0 Å². The predicted molar refractivity (Wildman–Crippen MR) is 73.1 cm³/mol. The van der Waals surface area contributed by atoms with E-state index < -0.39 is 23.3 Å². The Kier molecular flexibility index (Phi) is 3.83. The van der Waals surface area contributed by atoms with E-state index in [1.165, 1.54) is 6.07 Å². The van der Waals surface area contributed by atoms with E-state index in [9.17, 15) is 17.6 Å². The van der Waals surface area contributed by atoms with Gasteiger partial charge in [0, 0.05) is 18.2 Å². The standard InChI is InChI=1S/C12H7F4IN2/c13-5-1-8(16)11(2-6(5)14)19-12-3-7(15)9(17)4-10(12)18/h1-4,19H,18H2. The summed E-state index contributed by atoms with van der Waals surface area (Å²) in [6.45, 7) is 0. The lowest BCUT2D eigenvalue weighted by atomic mass is 10.2. The molecule has 0 amide bonds. The van der Waals surface area contributed by atoms with Crippen molar-refractivity contribution < 1.29 is 17.6 Å². The molecule has 2 rings (SSSR count). The molecule has 0 aliphatic carbocycles. The number of hydrogen-bond acceptors (Lipinski definition) is 2. The molecular formula is C12H7F4IN2. The average molecular weight is 382 g/mol. The SMILES string of the molecule is Nc1cc(I)c(F)cc1Nc1cc(F)c(F)cc1F. The summed E-state index contributed by atoms with van der Waals surface area (Å²) in [5.74, 6) is -4.07. The Morgan fingerprint density at radius 3 is 2.05 bits per heavy atom. The van der Waals surface area contributed by atoms with Crippen LogP contribution in [0.1, 0.15) is 0 Å². The van der Waals surface area contributed by atoms with Crippen molar-refractivity contribution in [2.45, 2.75) is 0 Å². The number of anilines is 3. The summed E-state index contributed by atoms with van der Waals surface area (Å²) in [7, 11) is 0. The number of nitrogens with one attached hydrogen (secondary N) is 1. The first-order valence-corrected chi connectivity index (χ1v) is 6.12. The fourth-order valence-corrected chi connectivity index (χ4v) is 1.93. The molecule has 2 aromatic rings. The number of benzene rings is 2. The summed E-state index contributed by atoms with van der Waals surface area (Å²) in [6.07, 6.45) is 0. The molecule has 0 unspecified atom stereocenters. The highest BCUT2D eigenvalue weighted by atomic mass is 127. The van der Waals surface area contributed by atoms with Crippen molar-refractivity contribution in [2.75, 3.05) is 11.1 Å². The Morgan fingerprint density at radius 1 is 0.789 bits per heavy atom. The molecule has 19 heavy (non-hydrogen) atoms. The highest BCUT2D eigenvalue weighted by Gasteiger charge is 2.12. The van der Waals surface area contributed by atoms with Crippen molar-refractivity contribution in [3.63, 3.8) is 0 Å². The van der Waals surface area contributed by atoms with E-state index in [-0.39, 0.29) is 17.1 Å². The maximum Gasteiger partial charge on any atom is 0.161 e. The summed E-state index contributed by atoms with van der Waals surface area (Å²) in [4.78, 5) is 0. The van der Waals surface area contributed by atoms with Gasteiger partial charge in [0.05, 0.1) is 20.6 Å². The van der Waals surface area contributed by atoms with Crippen LogP contribution in [-0.2, 0) is 0 Å². The van der Waals surface area contributed by atoms with Crippen LogP contribution in [0.3, 0.4) is 0 Å². The predicted octanol–water partition coefficient (Wildman–Crippen LogP) is 4.17. The normalized spacial score (nSPS) is 10.6. The fourth-order valence-electron chi connectivity index (χ4n) is 1.43. The van der Waals surface area contributed by atoms with Crippen LogP contribution in [0, 0.1) is 26.8 Å². The highest BCUT2D eigenvalue weighted by molar-refractivity contribution is 14.1. The fraction of sp³-hybridized carbons (Fsp3) is 0. The second-order valence-electron chi connectivity index (χ2n) is 3.72. The maximum absolute atomic E-state index is 13.4. The first kappa shape index (κ1) is 13.9. The minimum Gasteiger partial charge on any atom is -0.397 e. The summed E-state index contributed by atoms with van der Waals surface area (Å²) in [6, 6.07) is 3.44. The van der Waals surface area contributed by atoms with Gasteiger partial charge in [-0.05, 0) is 28.7 Å². The lowest BCUT2D eigenvalue weighted by Crippen LogP contribution is -2.01. The summed E-state index contributed by atoms with van der Waals surface area (Å²) >= 11 is 1.75. The minimum atomic E-state index is -1.30. The third-order valence-corrected chi connectivity index (χ3v) is 3.20. The largest absolute Gasteiger partial charge is 0.397 e. The second kappa shape index (κ2) is 5.24. The third kappa shape index (κ3) is 2.91. The highest BCUT2D eigenvalue weighted by Crippen LogP contribution is 2.29. The zero-order chi connectivity index (χ0) is 14.2. The van der Waals surface area contributed by atoms with E-state index in [4.69, 9.17) is 5.73 Å². The van der Waals surface area contributed by atoms with E-state index in [0.29, 0.717) is 15.7 Å². The molecule has 0 heterocycles. The van der Waals surface area contributed by atoms with Gasteiger partial charge in [-0.15, -0.1) is 0 Å². The van der Waals surface area contributed by atoms with Crippen molar-refractivity contribution in [1.29, 1.82) is 0 Å². The van der Waals surface area contributed by atoms with Crippen LogP contribution in [0.15, 0.2) is 24.3 Å². The number of hydrogen-bond donors (Lipinski definition) is 2. The molecule has 2 nitrogen and oxygen atoms in total. The molecule has 0 saturated carbocycles. The van der Waals surface area contributed by atoms with Crippen LogP contribution in [0.5, 0.6) is 0 Å². The van der Waals surface area contributed by atoms with Gasteiger partial charge >= 0.3 is 0 Å². The third-order valence-electron chi connectivity index (χ3n) is 2.37. The minimum absolute atomic E-state index is 0.0721. The van der Waals surface area contributed by atoms with Crippen molar-refractivity contribution in [2.24, 2.45) is 0 Å². The monoisotopic (exact) mass is 382 g/mol. The number of halogens is 5. The molecule has 3 N–H and O–H groups in total. The van der Waals surface area contributed by atoms with Gasteiger partial charge in [0.15, 0.2) is 11.6 Å². The van der Waals surface area contributed by atoms with E-state index in [1.54, 1.807) is 22.6 Å². The molecule has 7 heteroatoms. The van der Waals surface area contributed by atoms with Gasteiger partial charge in [-0.3, -0.25) is 0 Å². The maximum atomic E-state index is 13.4. The summed E-state index contributed by atoms with van der Waals surface area (Å²) in [5.41, 5.74) is 5.54. The van der Waals surface area contributed by atoms with Crippen LogP contribution in [0.25, 0.3) is 0 Å². The molecule has 0 aromatic heterocycles. The molecule has 0 bridgehead atoms. The van der Waals surface area contributed by atoms with Gasteiger partial charge in [0.2, 0.25) is 0 Å². The topological polar surface area (TPSA) is 38.0 Å². The summed E-state index contributed by atoms with van der Waals surface area (Å²) < 4.78 is 52.9. The Hall–Kier alpha value is -1.51. The van der Waals surface area contributed by atoms with Crippen LogP contribution in [-0.4, -0.2) is 0 Å². The zero-order valence-electron chi connectivity index (χ0n) is 9.28. The van der Waals surface area contributed by atoms with Crippen molar-refractivity contribution in [1.82, 2.24) is 0 Å². The molecule has 0 saturated heterocycles. The molecule has 0 atom stereocenters. The van der Waals surface area contributed by atoms with E-state index in [0.717, 1.165) is 6.07 Å². The summed E-state index contributed by atoms with van der Waals surface area (Å²) in [5, 5.41) is 2.43. The quantitative estimate of drug-likeness (QED) is 0.354. The van der Waals surface area contributed by atoms with Crippen LogP contribution < -0.4 is 11.1 Å². The van der Waals surface area contributed by atoms with E-state index >= 15 is 0 Å². The van der Waals surface area contributed by atoms with E-state index in [1.807, 2.05) is 0 Å². The molecule has 0 aliphatic heterocycles. The van der Waals surface area contributed by atoms with Crippen molar-refractivity contribution in [3.05, 3.63) is 51.1 Å². The lowest BCUT2D eigenvalue weighted by Gasteiger charge is -2.11. The Bertz CT molecular complexity index is 591. The molecule has 0 radical (unpaired) electrons. The van der Waals surface area contributed by atoms with Crippen LogP contribution >= 0.6 is 22.6 Å². The van der Waals surface area contributed by atoms with Crippen molar-refractivity contribution >= 4 is 39.7 Å². The zero-order valence-corrected chi connectivity index (χ0v) is 11.4. The van der Waals surface area contributed by atoms with Gasteiger partial charge in [0.1, 0.15) is 11.6 Å². The Labute approximate surface area is 119 Å². The molecule has 0 fully saturated rings. The van der Waals surface area contributed by atoms with Crippen LogP contribution in [0.2, 0.25) is 0 Å². The van der Waals surface area contributed by atoms with E-state index in [2.05, 4.69) is 5.32 Å². The number of nitrogens with two attached hydrogens (primary N) is 1. The lowest BCUT2D eigenvalue weighted by molar-refractivity contribution is 0.496. The van der Waals surface area contributed by atoms with Crippen molar-refractivity contribution in [3.8, 4) is 0 Å². The van der Waals surface area contributed by atoms with Gasteiger partial charge in [-0.1, -0.05) is 0 Å².